The first-order chi connectivity index (χ1) is 3.46. The molecule has 0 saturated heterocycles. The van der Waals surface area contributed by atoms with Gasteiger partial charge in [0.15, 0.2) is 0 Å². The zero-order chi connectivity index (χ0) is 7.15. The summed E-state index contributed by atoms with van der Waals surface area (Å²) >= 11 is -1.72. The summed E-state index contributed by atoms with van der Waals surface area (Å²) in [7, 11) is 14.8. The van der Waals surface area contributed by atoms with Gasteiger partial charge in [-0.05, 0) is 13.8 Å². The van der Waals surface area contributed by atoms with Crippen LogP contribution in [0.2, 0.25) is 0 Å². The zero-order valence-corrected chi connectivity index (χ0v) is 8.34. The molecule has 0 aromatic heterocycles. The Morgan fingerprint density at radius 1 is 1.25 bits per heavy atom. The zero-order valence-electron chi connectivity index (χ0n) is 4.92. The minimum absolute atomic E-state index is 1.17. The van der Waals surface area contributed by atoms with Gasteiger partial charge in [0.25, 0.3) is 0 Å². The van der Waals surface area contributed by atoms with Gasteiger partial charge in [-0.25, -0.2) is 30.1 Å². The molecule has 0 nitrogen and oxygen atoms in total. The lowest BCUT2D eigenvalue weighted by Gasteiger charge is -1.65. The third-order valence-electron chi connectivity index (χ3n) is 0. The Morgan fingerprint density at radius 3 is 1.25 bits per heavy atom. The molecule has 0 spiro atoms. The van der Waals surface area contributed by atoms with Crippen LogP contribution in [0.3, 0.4) is 0 Å². The summed E-state index contributed by atoms with van der Waals surface area (Å²) in [6, 6.07) is 0. The van der Waals surface area contributed by atoms with Gasteiger partial charge in [-0.3, -0.25) is 0 Å². The maximum atomic E-state index is 4.94. The largest absolute Gasteiger partial charge is 0.643 e. The van der Waals surface area contributed by atoms with E-state index in [9.17, 15) is 0 Å². The first-order valence-corrected chi connectivity index (χ1v) is 7.25. The molecule has 0 amide bonds. The van der Waals surface area contributed by atoms with Crippen molar-refractivity contribution in [1.82, 2.24) is 0 Å². The fourth-order valence-electron chi connectivity index (χ4n) is 0. The van der Waals surface area contributed by atoms with E-state index in [0.29, 0.717) is 0 Å². The molecule has 48 valence electrons. The average Bonchev–Trinajstić information content (AvgIpc) is 1.25. The maximum absolute atomic E-state index is 4.94. The van der Waals surface area contributed by atoms with Gasteiger partial charge in [0.1, 0.15) is 0 Å². The number of halogens is 3. The second kappa shape index (κ2) is 8.14. The topological polar surface area (TPSA) is 0 Å². The molecule has 0 heterocycles. The number of hydrogen-bond donors (Lipinski definition) is 0. The van der Waals surface area contributed by atoms with Gasteiger partial charge in [-0.2, -0.15) is 0 Å². The molecule has 4 heteroatoms. The summed E-state index contributed by atoms with van der Waals surface area (Å²) in [4.78, 5) is 0. The Bertz CT molecular complexity index is 55.5. The second-order valence-corrected chi connectivity index (χ2v) is 7.89. The number of hydrogen-bond acceptors (Lipinski definition) is 0. The van der Waals surface area contributed by atoms with Crippen molar-refractivity contribution in [1.29, 1.82) is 0 Å². The van der Waals surface area contributed by atoms with Crippen LogP contribution in [0.4, 0.5) is 0 Å². The van der Waals surface area contributed by atoms with Crippen molar-refractivity contribution in [2.45, 2.75) is 13.8 Å². The monoisotopic (exact) mass is 188 g/mol. The average molecular weight is 189 g/mol. The predicted octanol–water partition coefficient (Wildman–Crippen LogP) is 3.27. The van der Waals surface area contributed by atoms with E-state index in [2.05, 4.69) is 6.58 Å². The van der Waals surface area contributed by atoms with Gasteiger partial charge in [0, 0.05) is 0 Å². The lowest BCUT2D eigenvalue weighted by atomic mass is 10.4. The van der Waals surface area contributed by atoms with Crippen molar-refractivity contribution in [3.05, 3.63) is 12.2 Å². The first kappa shape index (κ1) is 11.9. The Morgan fingerprint density at radius 2 is 1.25 bits per heavy atom. The number of allylic oxidation sites excluding steroid dienone is 1. The molecule has 0 saturated carbocycles. The van der Waals surface area contributed by atoms with Gasteiger partial charge in [0.2, 0.25) is 0 Å². The summed E-state index contributed by atoms with van der Waals surface area (Å²) in [5.41, 5.74) is 1.17. The molecular formula is C4H8AlCl3. The van der Waals surface area contributed by atoms with Crippen molar-refractivity contribution in [3.63, 3.8) is 0 Å². The Hall–Kier alpha value is 1.14. The predicted molar refractivity (Wildman–Crippen MR) is 43.8 cm³/mol. The molecule has 0 aromatic carbocycles. The van der Waals surface area contributed by atoms with E-state index in [4.69, 9.17) is 30.1 Å². The SMILES string of the molecule is C=C(C)C.[Cl][Al]([Cl])[Cl]. The molecule has 0 atom stereocenters. The summed E-state index contributed by atoms with van der Waals surface area (Å²) < 4.78 is 0. The van der Waals surface area contributed by atoms with Crippen LogP contribution in [0.5, 0.6) is 0 Å². The molecule has 0 rings (SSSR count). The third kappa shape index (κ3) is 206. The van der Waals surface area contributed by atoms with E-state index in [-0.39, 0.29) is 0 Å². The van der Waals surface area contributed by atoms with E-state index >= 15 is 0 Å². The highest BCUT2D eigenvalue weighted by atomic mass is 35.8. The van der Waals surface area contributed by atoms with E-state index in [1.54, 1.807) is 0 Å². The summed E-state index contributed by atoms with van der Waals surface area (Å²) in [6.07, 6.45) is 0. The van der Waals surface area contributed by atoms with Gasteiger partial charge in [-0.1, -0.05) is 5.57 Å². The van der Waals surface area contributed by atoms with Crippen LogP contribution in [-0.4, -0.2) is 11.4 Å². The molecular weight excluding hydrogens is 181 g/mol. The molecule has 0 unspecified atom stereocenters. The number of rotatable bonds is 0. The summed E-state index contributed by atoms with van der Waals surface area (Å²) in [6.45, 7) is 7.50. The van der Waals surface area contributed by atoms with E-state index in [0.717, 1.165) is 0 Å². The van der Waals surface area contributed by atoms with Crippen molar-refractivity contribution < 1.29 is 0 Å². The van der Waals surface area contributed by atoms with Crippen LogP contribution in [0.1, 0.15) is 13.8 Å². The highest BCUT2D eigenvalue weighted by Crippen LogP contribution is 1.97. The fourth-order valence-corrected chi connectivity index (χ4v) is 0. The first-order valence-electron chi connectivity index (χ1n) is 2.01. The Labute approximate surface area is 67.4 Å². The Balaban J connectivity index is 0. The van der Waals surface area contributed by atoms with Crippen LogP contribution < -0.4 is 0 Å². The molecule has 0 radical (unpaired) electrons. The van der Waals surface area contributed by atoms with Crippen molar-refractivity contribution in [2.75, 3.05) is 0 Å². The standard InChI is InChI=1S/C4H8.Al.3ClH/c1-4(2)3;;;;/h1H2,2-3H3;;3*1H/q;+3;;;/p-3. The van der Waals surface area contributed by atoms with Crippen LogP contribution in [0.15, 0.2) is 12.2 Å². The highest BCUT2D eigenvalue weighted by Gasteiger charge is 2.00. The summed E-state index contributed by atoms with van der Waals surface area (Å²) in [5.74, 6) is 0. The molecule has 0 aliphatic carbocycles. The van der Waals surface area contributed by atoms with Crippen LogP contribution in [-0.2, 0) is 0 Å². The third-order valence-corrected chi connectivity index (χ3v) is 0. The highest BCUT2D eigenvalue weighted by molar-refractivity contribution is 7.54. The second-order valence-electron chi connectivity index (χ2n) is 1.45. The van der Waals surface area contributed by atoms with E-state index < -0.39 is 11.4 Å². The lowest BCUT2D eigenvalue weighted by Crippen LogP contribution is -1.66. The van der Waals surface area contributed by atoms with Crippen molar-refractivity contribution in [3.8, 4) is 0 Å². The normalized spacial score (nSPS) is 6.62. The van der Waals surface area contributed by atoms with Gasteiger partial charge in [0.05, 0.1) is 0 Å². The minimum atomic E-state index is -1.72. The van der Waals surface area contributed by atoms with Crippen LogP contribution in [0, 0.1) is 0 Å². The molecule has 0 aliphatic heterocycles. The van der Waals surface area contributed by atoms with Gasteiger partial charge in [-0.15, -0.1) is 6.58 Å². The lowest BCUT2D eigenvalue weighted by molar-refractivity contribution is 1.42. The maximum Gasteiger partial charge on any atom is 0.643 e. The van der Waals surface area contributed by atoms with Crippen molar-refractivity contribution >= 4 is 41.5 Å². The van der Waals surface area contributed by atoms with Gasteiger partial charge < -0.3 is 0 Å². The van der Waals surface area contributed by atoms with E-state index in [1.165, 1.54) is 5.57 Å². The van der Waals surface area contributed by atoms with Crippen LogP contribution >= 0.6 is 30.1 Å². The summed E-state index contributed by atoms with van der Waals surface area (Å²) in [5, 5.41) is 0. The minimum Gasteiger partial charge on any atom is -0.214 e. The smallest absolute Gasteiger partial charge is 0.214 e. The van der Waals surface area contributed by atoms with Gasteiger partial charge >= 0.3 is 11.4 Å². The molecule has 0 bridgehead atoms. The van der Waals surface area contributed by atoms with Crippen molar-refractivity contribution in [2.24, 2.45) is 0 Å². The molecule has 0 aromatic rings. The molecule has 8 heavy (non-hydrogen) atoms. The van der Waals surface area contributed by atoms with E-state index in [1.807, 2.05) is 13.8 Å². The molecule has 0 N–H and O–H groups in total. The molecule has 0 fully saturated rings. The fraction of sp³-hybridized carbons (Fsp3) is 0.500. The quantitative estimate of drug-likeness (QED) is 0.405. The Kier molecular flexibility index (Phi) is 12.1. The molecule has 0 aliphatic rings. The van der Waals surface area contributed by atoms with Crippen LogP contribution in [0.25, 0.3) is 0 Å².